The predicted molar refractivity (Wildman–Crippen MR) is 84.8 cm³/mol. The Hall–Kier alpha value is -0.700. The Labute approximate surface area is 130 Å². The molecule has 2 fully saturated rings. The van der Waals surface area contributed by atoms with E-state index in [9.17, 15) is 8.42 Å². The van der Waals surface area contributed by atoms with E-state index in [4.69, 9.17) is 0 Å². The summed E-state index contributed by atoms with van der Waals surface area (Å²) in [5.74, 6) is 0.463. The number of hydrogen-bond acceptors (Lipinski definition) is 5. The largest absolute Gasteiger partial charge is 0.345 e. The molecular weight excluding hydrogens is 308 g/mol. The topological polar surface area (TPSA) is 56.8 Å². The molecule has 1 unspecified atom stereocenters. The van der Waals surface area contributed by atoms with Crippen LogP contribution >= 0.6 is 11.3 Å². The molecule has 3 heterocycles. The van der Waals surface area contributed by atoms with Gasteiger partial charge < -0.3 is 4.90 Å². The van der Waals surface area contributed by atoms with Crippen LogP contribution in [0.2, 0.25) is 0 Å². The van der Waals surface area contributed by atoms with Gasteiger partial charge in [0, 0.05) is 50.8 Å². The van der Waals surface area contributed by atoms with Gasteiger partial charge in [-0.1, -0.05) is 6.92 Å². The Morgan fingerprint density at radius 2 is 1.95 bits per heavy atom. The van der Waals surface area contributed by atoms with Crippen LogP contribution in [-0.4, -0.2) is 61.3 Å². The number of aromatic nitrogens is 1. The molecule has 0 N–H and O–H groups in total. The van der Waals surface area contributed by atoms with Gasteiger partial charge in [0.1, 0.15) is 0 Å². The lowest BCUT2D eigenvalue weighted by molar-refractivity contribution is 0.254. The molecule has 0 saturated carbocycles. The number of anilines is 1. The molecule has 1 aromatic rings. The van der Waals surface area contributed by atoms with Gasteiger partial charge in [0.25, 0.3) is 10.2 Å². The highest BCUT2D eigenvalue weighted by Gasteiger charge is 2.34. The molecule has 2 aliphatic heterocycles. The van der Waals surface area contributed by atoms with Crippen LogP contribution in [0.25, 0.3) is 0 Å². The Bertz CT molecular complexity index is 553. The Morgan fingerprint density at radius 1 is 1.19 bits per heavy atom. The van der Waals surface area contributed by atoms with E-state index in [0.717, 1.165) is 31.1 Å². The normalized spacial score (nSPS) is 26.1. The first-order valence-electron chi connectivity index (χ1n) is 7.47. The highest BCUT2D eigenvalue weighted by molar-refractivity contribution is 7.86. The van der Waals surface area contributed by atoms with Crippen LogP contribution in [0.3, 0.4) is 0 Å². The Kier molecular flexibility index (Phi) is 4.49. The molecule has 21 heavy (non-hydrogen) atoms. The second-order valence-electron chi connectivity index (χ2n) is 5.81. The van der Waals surface area contributed by atoms with Crippen molar-refractivity contribution in [2.24, 2.45) is 5.92 Å². The second kappa shape index (κ2) is 6.20. The van der Waals surface area contributed by atoms with E-state index in [2.05, 4.69) is 16.8 Å². The lowest BCUT2D eigenvalue weighted by Gasteiger charge is -2.38. The highest BCUT2D eigenvalue weighted by atomic mass is 32.2. The van der Waals surface area contributed by atoms with E-state index in [0.29, 0.717) is 32.1 Å². The predicted octanol–water partition coefficient (Wildman–Crippen LogP) is 1.24. The molecule has 0 aromatic carbocycles. The second-order valence-corrected chi connectivity index (χ2v) is 8.62. The SMILES string of the molecule is CC1CCCN(S(=O)(=O)N2CCN(c3nccs3)CC2)C1. The molecule has 0 spiro atoms. The molecular formula is C13H22N4O2S2. The minimum Gasteiger partial charge on any atom is -0.345 e. The molecule has 8 heteroatoms. The summed E-state index contributed by atoms with van der Waals surface area (Å²) >= 11 is 1.60. The standard InChI is InChI=1S/C13H22N4O2S2/c1-12-3-2-5-17(11-12)21(18,19)16-8-6-15(7-9-16)13-14-4-10-20-13/h4,10,12H,2-3,5-9,11H2,1H3. The summed E-state index contributed by atoms with van der Waals surface area (Å²) in [6.45, 7) is 5.99. The maximum absolute atomic E-state index is 12.7. The first kappa shape index (κ1) is 15.2. The number of rotatable bonds is 3. The molecule has 0 radical (unpaired) electrons. The summed E-state index contributed by atoms with van der Waals surface area (Å²) in [5, 5.41) is 2.94. The van der Waals surface area contributed by atoms with Crippen molar-refractivity contribution >= 4 is 26.7 Å². The van der Waals surface area contributed by atoms with E-state index in [1.54, 1.807) is 26.1 Å². The van der Waals surface area contributed by atoms with Crippen molar-refractivity contribution in [3.8, 4) is 0 Å². The summed E-state index contributed by atoms with van der Waals surface area (Å²) < 4.78 is 28.7. The fourth-order valence-electron chi connectivity index (χ4n) is 3.00. The van der Waals surface area contributed by atoms with Crippen LogP contribution in [0.15, 0.2) is 11.6 Å². The third-order valence-corrected chi connectivity index (χ3v) is 7.03. The highest BCUT2D eigenvalue weighted by Crippen LogP contribution is 2.23. The summed E-state index contributed by atoms with van der Waals surface area (Å²) in [4.78, 5) is 6.46. The molecule has 6 nitrogen and oxygen atoms in total. The zero-order valence-corrected chi connectivity index (χ0v) is 13.9. The lowest BCUT2D eigenvalue weighted by Crippen LogP contribution is -2.54. The summed E-state index contributed by atoms with van der Waals surface area (Å²) in [5.41, 5.74) is 0. The third kappa shape index (κ3) is 3.23. The third-order valence-electron chi connectivity index (χ3n) is 4.20. The fourth-order valence-corrected chi connectivity index (χ4v) is 5.45. The average molecular weight is 330 g/mol. The van der Waals surface area contributed by atoms with Gasteiger partial charge in [-0.25, -0.2) is 4.98 Å². The number of piperidine rings is 1. The maximum atomic E-state index is 12.7. The zero-order valence-electron chi connectivity index (χ0n) is 12.3. The first-order chi connectivity index (χ1) is 10.1. The number of thiazole rings is 1. The van der Waals surface area contributed by atoms with Crippen LogP contribution < -0.4 is 4.90 Å². The van der Waals surface area contributed by atoms with Gasteiger partial charge in [-0.15, -0.1) is 11.3 Å². The monoisotopic (exact) mass is 330 g/mol. The van der Waals surface area contributed by atoms with E-state index < -0.39 is 10.2 Å². The Morgan fingerprint density at radius 3 is 2.57 bits per heavy atom. The zero-order chi connectivity index (χ0) is 14.9. The number of piperazine rings is 1. The van der Waals surface area contributed by atoms with Crippen molar-refractivity contribution < 1.29 is 8.42 Å². The number of nitrogens with zero attached hydrogens (tertiary/aromatic N) is 4. The van der Waals surface area contributed by atoms with Crippen LogP contribution in [0.5, 0.6) is 0 Å². The molecule has 1 atom stereocenters. The average Bonchev–Trinajstić information content (AvgIpc) is 3.02. The van der Waals surface area contributed by atoms with Gasteiger partial charge in [-0.05, 0) is 18.8 Å². The summed E-state index contributed by atoms with van der Waals surface area (Å²) in [6, 6.07) is 0. The van der Waals surface area contributed by atoms with Gasteiger partial charge in [-0.3, -0.25) is 0 Å². The maximum Gasteiger partial charge on any atom is 0.282 e. The van der Waals surface area contributed by atoms with Crippen LogP contribution in [-0.2, 0) is 10.2 Å². The van der Waals surface area contributed by atoms with E-state index >= 15 is 0 Å². The van der Waals surface area contributed by atoms with Crippen molar-refractivity contribution in [2.45, 2.75) is 19.8 Å². The van der Waals surface area contributed by atoms with E-state index in [-0.39, 0.29) is 0 Å². The van der Waals surface area contributed by atoms with Crippen LogP contribution in [0.4, 0.5) is 5.13 Å². The minimum absolute atomic E-state index is 0.463. The van der Waals surface area contributed by atoms with Crippen LogP contribution in [0.1, 0.15) is 19.8 Å². The van der Waals surface area contributed by atoms with Gasteiger partial charge in [0.15, 0.2) is 5.13 Å². The van der Waals surface area contributed by atoms with Crippen molar-refractivity contribution in [2.75, 3.05) is 44.2 Å². The molecule has 0 bridgehead atoms. The fraction of sp³-hybridized carbons (Fsp3) is 0.769. The van der Waals surface area contributed by atoms with Gasteiger partial charge in [-0.2, -0.15) is 17.0 Å². The molecule has 0 amide bonds. The smallest absolute Gasteiger partial charge is 0.282 e. The lowest BCUT2D eigenvalue weighted by atomic mass is 10.0. The van der Waals surface area contributed by atoms with Gasteiger partial charge >= 0.3 is 0 Å². The van der Waals surface area contributed by atoms with Crippen molar-refractivity contribution in [3.63, 3.8) is 0 Å². The van der Waals surface area contributed by atoms with Crippen molar-refractivity contribution in [3.05, 3.63) is 11.6 Å². The number of hydrogen-bond donors (Lipinski definition) is 0. The van der Waals surface area contributed by atoms with Crippen molar-refractivity contribution in [1.29, 1.82) is 0 Å². The molecule has 0 aliphatic carbocycles. The van der Waals surface area contributed by atoms with Crippen molar-refractivity contribution in [1.82, 2.24) is 13.6 Å². The molecule has 2 aliphatic rings. The molecule has 1 aromatic heterocycles. The molecule has 118 valence electrons. The van der Waals surface area contributed by atoms with E-state index in [1.807, 2.05) is 5.38 Å². The van der Waals surface area contributed by atoms with Crippen LogP contribution in [0, 0.1) is 5.92 Å². The minimum atomic E-state index is -3.29. The Balaban J connectivity index is 1.63. The summed E-state index contributed by atoms with van der Waals surface area (Å²) in [6.07, 6.45) is 3.89. The summed E-state index contributed by atoms with van der Waals surface area (Å²) in [7, 11) is -3.29. The van der Waals surface area contributed by atoms with E-state index in [1.165, 1.54) is 0 Å². The molecule has 3 rings (SSSR count). The first-order valence-corrected chi connectivity index (χ1v) is 9.74. The molecule has 2 saturated heterocycles. The van der Waals surface area contributed by atoms with Gasteiger partial charge in [0.2, 0.25) is 0 Å². The quantitative estimate of drug-likeness (QED) is 0.837. The van der Waals surface area contributed by atoms with Gasteiger partial charge in [0.05, 0.1) is 0 Å².